The Hall–Kier alpha value is -2.47. The van der Waals surface area contributed by atoms with Crippen LogP contribution in [-0.2, 0) is 21.3 Å². The third-order valence-electron chi connectivity index (χ3n) is 5.79. The molecular weight excluding hydrogens is 579 g/mol. The second-order valence-electron chi connectivity index (χ2n) is 8.05. The Kier molecular flexibility index (Phi) is 6.37. The Morgan fingerprint density at radius 1 is 1.20 bits per heavy atom. The number of rotatable bonds is 4. The fourth-order valence-corrected chi connectivity index (χ4v) is 7.24. The maximum absolute atomic E-state index is 16.3. The minimum atomic E-state index is -4.20. The highest BCUT2D eigenvalue weighted by atomic mass is 79.9. The first-order valence-corrected chi connectivity index (χ1v) is 14.1. The SMILES string of the molecule is O=C(c1ccc(Br)c(Cl)c1)N1CCS(=O)(=O)C(F)(c2ncc(Cc3cccc4nccnc34)s2)C1. The zero-order valence-corrected chi connectivity index (χ0v) is 22.0. The molecule has 12 heteroatoms. The quantitative estimate of drug-likeness (QED) is 0.337. The summed E-state index contributed by atoms with van der Waals surface area (Å²) in [5.41, 5.74) is 2.56. The van der Waals surface area contributed by atoms with Crippen LogP contribution in [0.1, 0.15) is 25.8 Å². The first-order valence-electron chi connectivity index (χ1n) is 10.5. The molecule has 0 N–H and O–H groups in total. The summed E-state index contributed by atoms with van der Waals surface area (Å²) in [6.07, 6.45) is 5.07. The Bertz CT molecular complexity index is 1560. The van der Waals surface area contributed by atoms with E-state index in [9.17, 15) is 13.2 Å². The lowest BCUT2D eigenvalue weighted by molar-refractivity contribution is 0.0666. The number of sulfone groups is 1. The van der Waals surface area contributed by atoms with E-state index < -0.39 is 33.0 Å². The smallest absolute Gasteiger partial charge is 0.278 e. The van der Waals surface area contributed by atoms with Crippen molar-refractivity contribution < 1.29 is 17.6 Å². The fourth-order valence-electron chi connectivity index (χ4n) is 3.95. The molecule has 3 heterocycles. The van der Waals surface area contributed by atoms with Gasteiger partial charge in [-0.15, -0.1) is 11.3 Å². The Morgan fingerprint density at radius 3 is 2.80 bits per heavy atom. The number of fused-ring (bicyclic) bond motifs is 1. The second-order valence-corrected chi connectivity index (χ2v) is 12.7. The van der Waals surface area contributed by atoms with Crippen LogP contribution in [0.2, 0.25) is 5.02 Å². The third-order valence-corrected chi connectivity index (χ3v) is 10.3. The molecule has 1 atom stereocenters. The number of carbonyl (C=O) groups is 1. The highest BCUT2D eigenvalue weighted by Crippen LogP contribution is 2.40. The molecule has 0 bridgehead atoms. The summed E-state index contributed by atoms with van der Waals surface area (Å²) < 4.78 is 42.6. The molecule has 0 radical (unpaired) electrons. The van der Waals surface area contributed by atoms with Crippen molar-refractivity contribution in [3.8, 4) is 0 Å². The van der Waals surface area contributed by atoms with E-state index in [0.29, 0.717) is 20.8 Å². The lowest BCUT2D eigenvalue weighted by Gasteiger charge is -2.35. The zero-order chi connectivity index (χ0) is 24.8. The maximum Gasteiger partial charge on any atom is 0.278 e. The largest absolute Gasteiger partial charge is 0.333 e. The van der Waals surface area contributed by atoms with Crippen LogP contribution in [0.25, 0.3) is 11.0 Å². The van der Waals surface area contributed by atoms with Gasteiger partial charge in [-0.2, -0.15) is 0 Å². The molecule has 0 spiro atoms. The number of thiazole rings is 1. The molecule has 1 aliphatic heterocycles. The lowest BCUT2D eigenvalue weighted by Crippen LogP contribution is -2.53. The average molecular weight is 596 g/mol. The van der Waals surface area contributed by atoms with E-state index in [1.165, 1.54) is 17.2 Å². The van der Waals surface area contributed by atoms with Crippen molar-refractivity contribution in [1.29, 1.82) is 0 Å². The van der Waals surface area contributed by atoms with E-state index in [1.54, 1.807) is 24.5 Å². The molecule has 7 nitrogen and oxygen atoms in total. The van der Waals surface area contributed by atoms with Crippen molar-refractivity contribution in [2.45, 2.75) is 11.4 Å². The summed E-state index contributed by atoms with van der Waals surface area (Å²) in [6.45, 7) is -0.762. The van der Waals surface area contributed by atoms with Crippen molar-refractivity contribution in [2.24, 2.45) is 0 Å². The van der Waals surface area contributed by atoms with Gasteiger partial charge < -0.3 is 4.90 Å². The average Bonchev–Trinajstić information content (AvgIpc) is 3.32. The first kappa shape index (κ1) is 24.2. The van der Waals surface area contributed by atoms with Gasteiger partial charge in [0, 0.05) is 46.5 Å². The molecule has 1 fully saturated rings. The number of carbonyl (C=O) groups excluding carboxylic acids is 1. The Labute approximate surface area is 218 Å². The molecule has 1 saturated heterocycles. The van der Waals surface area contributed by atoms with Gasteiger partial charge in [-0.05, 0) is 45.8 Å². The number of aromatic nitrogens is 3. The minimum Gasteiger partial charge on any atom is -0.333 e. The number of para-hydroxylation sites is 1. The van der Waals surface area contributed by atoms with Gasteiger partial charge in [-0.25, -0.2) is 17.8 Å². The number of alkyl halides is 1. The number of hydrogen-bond donors (Lipinski definition) is 0. The van der Waals surface area contributed by atoms with Crippen LogP contribution in [0.15, 0.2) is 59.5 Å². The van der Waals surface area contributed by atoms with Crippen molar-refractivity contribution >= 4 is 65.6 Å². The third kappa shape index (κ3) is 4.46. The van der Waals surface area contributed by atoms with Gasteiger partial charge in [0.2, 0.25) is 0 Å². The van der Waals surface area contributed by atoms with Gasteiger partial charge >= 0.3 is 0 Å². The summed E-state index contributed by atoms with van der Waals surface area (Å²) in [6, 6.07) is 10.2. The second kappa shape index (κ2) is 9.20. The highest BCUT2D eigenvalue weighted by molar-refractivity contribution is 9.10. The zero-order valence-electron chi connectivity index (χ0n) is 18.0. The first-order chi connectivity index (χ1) is 16.7. The normalized spacial score (nSPS) is 19.7. The monoisotopic (exact) mass is 594 g/mol. The topological polar surface area (TPSA) is 93.1 Å². The van der Waals surface area contributed by atoms with Gasteiger partial charge in [0.05, 0.1) is 28.4 Å². The summed E-state index contributed by atoms with van der Waals surface area (Å²) in [7, 11) is -4.20. The van der Waals surface area contributed by atoms with E-state index in [0.717, 1.165) is 27.9 Å². The van der Waals surface area contributed by atoms with Crippen molar-refractivity contribution in [2.75, 3.05) is 18.8 Å². The summed E-state index contributed by atoms with van der Waals surface area (Å²) in [5, 5.41) is -2.67. The predicted octanol–water partition coefficient (Wildman–Crippen LogP) is 4.79. The van der Waals surface area contributed by atoms with Gasteiger partial charge in [0.15, 0.2) is 9.84 Å². The molecule has 0 saturated carbocycles. The van der Waals surface area contributed by atoms with Crippen molar-refractivity contribution in [3.63, 3.8) is 0 Å². The van der Waals surface area contributed by atoms with Crippen LogP contribution in [0.4, 0.5) is 4.39 Å². The lowest BCUT2D eigenvalue weighted by atomic mass is 10.1. The van der Waals surface area contributed by atoms with Gasteiger partial charge in [-0.1, -0.05) is 23.7 Å². The molecule has 180 valence electrons. The van der Waals surface area contributed by atoms with E-state index >= 15 is 4.39 Å². The molecule has 35 heavy (non-hydrogen) atoms. The van der Waals surface area contributed by atoms with Gasteiger partial charge in [-0.3, -0.25) is 14.8 Å². The number of hydrogen-bond acceptors (Lipinski definition) is 7. The molecular formula is C23H17BrClFN4O3S2. The van der Waals surface area contributed by atoms with Crippen LogP contribution < -0.4 is 0 Å². The Balaban J connectivity index is 1.43. The molecule has 2 aromatic carbocycles. The predicted molar refractivity (Wildman–Crippen MR) is 136 cm³/mol. The fraction of sp³-hybridized carbons (Fsp3) is 0.217. The van der Waals surface area contributed by atoms with Gasteiger partial charge in [0.1, 0.15) is 5.01 Å². The van der Waals surface area contributed by atoms with Crippen LogP contribution >= 0.6 is 38.9 Å². The summed E-state index contributed by atoms with van der Waals surface area (Å²) in [5.74, 6) is -1.00. The van der Waals surface area contributed by atoms with E-state index in [2.05, 4.69) is 30.9 Å². The molecule has 4 aromatic rings. The van der Waals surface area contributed by atoms with Gasteiger partial charge in [0.25, 0.3) is 10.9 Å². The molecule has 0 aliphatic carbocycles. The Morgan fingerprint density at radius 2 is 2.00 bits per heavy atom. The van der Waals surface area contributed by atoms with Crippen molar-refractivity contribution in [1.82, 2.24) is 19.9 Å². The van der Waals surface area contributed by atoms with E-state index in [-0.39, 0.29) is 17.1 Å². The molecule has 2 aromatic heterocycles. The van der Waals surface area contributed by atoms with E-state index in [4.69, 9.17) is 11.6 Å². The highest BCUT2D eigenvalue weighted by Gasteiger charge is 2.53. The molecule has 1 aliphatic rings. The minimum absolute atomic E-state index is 0.118. The summed E-state index contributed by atoms with van der Waals surface area (Å²) in [4.78, 5) is 27.7. The van der Waals surface area contributed by atoms with Crippen LogP contribution in [-0.4, -0.2) is 53.0 Å². The van der Waals surface area contributed by atoms with Crippen molar-refractivity contribution in [3.05, 3.63) is 85.5 Å². The number of amides is 1. The van der Waals surface area contributed by atoms with Crippen LogP contribution in [0, 0.1) is 0 Å². The van der Waals surface area contributed by atoms with Crippen LogP contribution in [0.3, 0.4) is 0 Å². The number of halogens is 3. The number of nitrogens with zero attached hydrogens (tertiary/aromatic N) is 4. The molecule has 1 amide bonds. The standard InChI is InChI=1S/C23H17BrClFN4O3S2/c24-17-5-4-15(11-18(17)25)21(31)30-8-9-35(32,33)23(26,13-30)22-29-12-16(34-22)10-14-2-1-3-19-20(14)28-7-6-27-19/h1-7,11-12H,8-10,13H2. The molecule has 5 rings (SSSR count). The van der Waals surface area contributed by atoms with Crippen LogP contribution in [0.5, 0.6) is 0 Å². The maximum atomic E-state index is 16.3. The molecule has 1 unspecified atom stereocenters. The summed E-state index contributed by atoms with van der Waals surface area (Å²) >= 11 is 10.3. The van der Waals surface area contributed by atoms with E-state index in [1.807, 2.05) is 18.2 Å². The number of benzene rings is 2.